The van der Waals surface area contributed by atoms with Gasteiger partial charge in [0.2, 0.25) is 0 Å². The van der Waals surface area contributed by atoms with E-state index in [1.54, 1.807) is 0 Å². The summed E-state index contributed by atoms with van der Waals surface area (Å²) in [7, 11) is 0. The van der Waals surface area contributed by atoms with Crippen LogP contribution in [0.2, 0.25) is 0 Å². The highest BCUT2D eigenvalue weighted by Crippen LogP contribution is 2.16. The second kappa shape index (κ2) is 7.33. The van der Waals surface area contributed by atoms with Crippen LogP contribution in [-0.2, 0) is 0 Å². The molecule has 18 heavy (non-hydrogen) atoms. The van der Waals surface area contributed by atoms with E-state index in [-0.39, 0.29) is 12.8 Å². The monoisotopic (exact) mass is 255 g/mol. The highest BCUT2D eigenvalue weighted by atomic mass is 16.5. The average molecular weight is 255 g/mol. The standard InChI is InChI=1S/C13H21NO4/c1-10-2-4-11(5-3-10)14(8-6-12(15)16)9-7-13(17)18/h2-5,12-13,15-18H,6-9H2,1H3. The van der Waals surface area contributed by atoms with E-state index in [2.05, 4.69) is 0 Å². The third-order valence-electron chi connectivity index (χ3n) is 2.71. The Morgan fingerprint density at radius 3 is 1.72 bits per heavy atom. The Labute approximate surface area is 107 Å². The van der Waals surface area contributed by atoms with E-state index < -0.39 is 12.6 Å². The quantitative estimate of drug-likeness (QED) is 0.523. The number of rotatable bonds is 7. The maximum atomic E-state index is 8.90. The van der Waals surface area contributed by atoms with Gasteiger partial charge in [-0.15, -0.1) is 0 Å². The number of hydrogen-bond donors (Lipinski definition) is 4. The van der Waals surface area contributed by atoms with Crippen molar-refractivity contribution in [2.45, 2.75) is 32.3 Å². The summed E-state index contributed by atoms with van der Waals surface area (Å²) in [5.41, 5.74) is 2.07. The number of hydrogen-bond acceptors (Lipinski definition) is 5. The molecule has 0 spiro atoms. The first-order chi connectivity index (χ1) is 8.49. The molecule has 1 aromatic rings. The molecule has 0 fully saturated rings. The van der Waals surface area contributed by atoms with E-state index >= 15 is 0 Å². The summed E-state index contributed by atoms with van der Waals surface area (Å²) in [6.07, 6.45) is -2.26. The first-order valence-corrected chi connectivity index (χ1v) is 6.03. The lowest BCUT2D eigenvalue weighted by Gasteiger charge is -2.25. The van der Waals surface area contributed by atoms with Gasteiger partial charge in [0.15, 0.2) is 12.6 Å². The van der Waals surface area contributed by atoms with Crippen molar-refractivity contribution in [2.24, 2.45) is 0 Å². The number of aliphatic hydroxyl groups excluding tert-OH is 2. The van der Waals surface area contributed by atoms with E-state index in [0.717, 1.165) is 11.3 Å². The van der Waals surface area contributed by atoms with E-state index in [4.69, 9.17) is 20.4 Å². The minimum absolute atomic E-state index is 0.218. The third kappa shape index (κ3) is 5.46. The summed E-state index contributed by atoms with van der Waals surface area (Å²) < 4.78 is 0. The fourth-order valence-corrected chi connectivity index (χ4v) is 1.67. The van der Waals surface area contributed by atoms with Gasteiger partial charge in [0.1, 0.15) is 0 Å². The van der Waals surface area contributed by atoms with Gasteiger partial charge in [-0.1, -0.05) is 17.7 Å². The normalized spacial score (nSPS) is 11.3. The minimum atomic E-state index is -1.35. The summed E-state index contributed by atoms with van der Waals surface area (Å²) in [6, 6.07) is 7.80. The summed E-state index contributed by atoms with van der Waals surface area (Å²) in [5, 5.41) is 35.6. The van der Waals surface area contributed by atoms with Crippen LogP contribution < -0.4 is 4.90 Å². The molecular weight excluding hydrogens is 234 g/mol. The van der Waals surface area contributed by atoms with Crippen LogP contribution >= 0.6 is 0 Å². The van der Waals surface area contributed by atoms with Crippen molar-refractivity contribution >= 4 is 5.69 Å². The largest absolute Gasteiger partial charge is 0.371 e. The average Bonchev–Trinajstić information content (AvgIpc) is 2.30. The number of anilines is 1. The highest BCUT2D eigenvalue weighted by molar-refractivity contribution is 5.47. The summed E-state index contributed by atoms with van der Waals surface area (Å²) in [6.45, 7) is 2.89. The second-order valence-corrected chi connectivity index (χ2v) is 4.36. The van der Waals surface area contributed by atoms with Gasteiger partial charge in [0, 0.05) is 31.6 Å². The molecule has 0 aliphatic carbocycles. The Kier molecular flexibility index (Phi) is 6.07. The van der Waals surface area contributed by atoms with Crippen LogP contribution in [0.1, 0.15) is 18.4 Å². The van der Waals surface area contributed by atoms with Crippen molar-refractivity contribution in [1.29, 1.82) is 0 Å². The molecule has 1 rings (SSSR count). The van der Waals surface area contributed by atoms with Crippen molar-refractivity contribution in [1.82, 2.24) is 0 Å². The van der Waals surface area contributed by atoms with E-state index in [1.807, 2.05) is 36.1 Å². The zero-order valence-corrected chi connectivity index (χ0v) is 10.5. The van der Waals surface area contributed by atoms with Crippen LogP contribution in [0.3, 0.4) is 0 Å². The van der Waals surface area contributed by atoms with Crippen LogP contribution in [-0.4, -0.2) is 46.1 Å². The number of benzene rings is 1. The van der Waals surface area contributed by atoms with Crippen molar-refractivity contribution < 1.29 is 20.4 Å². The summed E-state index contributed by atoms with van der Waals surface area (Å²) >= 11 is 0. The van der Waals surface area contributed by atoms with Crippen LogP contribution in [0, 0.1) is 6.92 Å². The maximum absolute atomic E-state index is 8.90. The van der Waals surface area contributed by atoms with Gasteiger partial charge in [-0.25, -0.2) is 0 Å². The first-order valence-electron chi connectivity index (χ1n) is 6.03. The molecule has 0 saturated carbocycles. The fourth-order valence-electron chi connectivity index (χ4n) is 1.67. The molecule has 0 bridgehead atoms. The van der Waals surface area contributed by atoms with Gasteiger partial charge in [-0.2, -0.15) is 0 Å². The van der Waals surface area contributed by atoms with E-state index in [9.17, 15) is 0 Å². The van der Waals surface area contributed by atoms with Crippen molar-refractivity contribution in [2.75, 3.05) is 18.0 Å². The zero-order chi connectivity index (χ0) is 13.5. The molecule has 0 saturated heterocycles. The Morgan fingerprint density at radius 1 is 0.889 bits per heavy atom. The van der Waals surface area contributed by atoms with Crippen molar-refractivity contribution in [3.8, 4) is 0 Å². The van der Waals surface area contributed by atoms with Gasteiger partial charge in [-0.3, -0.25) is 0 Å². The van der Waals surface area contributed by atoms with Gasteiger partial charge in [-0.05, 0) is 19.1 Å². The Balaban J connectivity index is 2.66. The molecule has 0 aromatic heterocycles. The SMILES string of the molecule is Cc1ccc(N(CCC(O)O)CCC(O)O)cc1. The third-order valence-corrected chi connectivity index (χ3v) is 2.71. The Morgan fingerprint density at radius 2 is 1.33 bits per heavy atom. The van der Waals surface area contributed by atoms with Crippen LogP contribution in [0.15, 0.2) is 24.3 Å². The fraction of sp³-hybridized carbons (Fsp3) is 0.538. The van der Waals surface area contributed by atoms with Crippen LogP contribution in [0.4, 0.5) is 5.69 Å². The van der Waals surface area contributed by atoms with Crippen LogP contribution in [0.25, 0.3) is 0 Å². The molecule has 5 nitrogen and oxygen atoms in total. The summed E-state index contributed by atoms with van der Waals surface area (Å²) in [5.74, 6) is 0. The molecule has 102 valence electrons. The maximum Gasteiger partial charge on any atom is 0.153 e. The molecule has 0 unspecified atom stereocenters. The lowest BCUT2D eigenvalue weighted by atomic mass is 10.2. The molecule has 1 aromatic carbocycles. The molecule has 0 atom stereocenters. The lowest BCUT2D eigenvalue weighted by Crippen LogP contribution is -2.30. The zero-order valence-electron chi connectivity index (χ0n) is 10.5. The first kappa shape index (κ1) is 14.9. The molecule has 0 heterocycles. The van der Waals surface area contributed by atoms with Gasteiger partial charge in [0.25, 0.3) is 0 Å². The molecule has 0 aliphatic rings. The van der Waals surface area contributed by atoms with E-state index in [0.29, 0.717) is 13.1 Å². The van der Waals surface area contributed by atoms with Gasteiger partial charge >= 0.3 is 0 Å². The highest BCUT2D eigenvalue weighted by Gasteiger charge is 2.10. The molecule has 0 amide bonds. The molecule has 4 N–H and O–H groups in total. The Bertz CT molecular complexity index is 325. The molecule has 5 heteroatoms. The number of aryl methyl sites for hydroxylation is 1. The van der Waals surface area contributed by atoms with Gasteiger partial charge in [0.05, 0.1) is 0 Å². The molecular formula is C13H21NO4. The topological polar surface area (TPSA) is 84.2 Å². The number of aliphatic hydroxyl groups is 4. The van der Waals surface area contributed by atoms with Gasteiger partial charge < -0.3 is 25.3 Å². The van der Waals surface area contributed by atoms with Crippen LogP contribution in [0.5, 0.6) is 0 Å². The van der Waals surface area contributed by atoms with Crippen molar-refractivity contribution in [3.63, 3.8) is 0 Å². The predicted octanol–water partition coefficient (Wildman–Crippen LogP) is 0.203. The second-order valence-electron chi connectivity index (χ2n) is 4.36. The van der Waals surface area contributed by atoms with Crippen molar-refractivity contribution in [3.05, 3.63) is 29.8 Å². The number of nitrogens with zero attached hydrogens (tertiary/aromatic N) is 1. The van der Waals surface area contributed by atoms with E-state index in [1.165, 1.54) is 0 Å². The minimum Gasteiger partial charge on any atom is -0.371 e. The summed E-state index contributed by atoms with van der Waals surface area (Å²) in [4.78, 5) is 1.90. The predicted molar refractivity (Wildman–Crippen MR) is 69.1 cm³/mol. The Hall–Kier alpha value is -1.14. The smallest absolute Gasteiger partial charge is 0.153 e. The molecule has 0 radical (unpaired) electrons. The molecule has 0 aliphatic heterocycles. The lowest BCUT2D eigenvalue weighted by molar-refractivity contribution is -0.0464.